The first-order valence-electron chi connectivity index (χ1n) is 8.15. The predicted molar refractivity (Wildman–Crippen MR) is 105 cm³/mol. The number of rotatable bonds is 3. The summed E-state index contributed by atoms with van der Waals surface area (Å²) in [6.45, 7) is 11.7. The maximum absolute atomic E-state index is 11.8. The number of nitrogens with zero attached hydrogens (tertiary/aromatic N) is 2. The van der Waals surface area contributed by atoms with Gasteiger partial charge in [0.2, 0.25) is 0 Å². The zero-order valence-electron chi connectivity index (χ0n) is 15.1. The van der Waals surface area contributed by atoms with E-state index in [4.69, 9.17) is 10.5 Å². The summed E-state index contributed by atoms with van der Waals surface area (Å²) < 4.78 is 5.27. The van der Waals surface area contributed by atoms with Crippen LogP contribution in [0.3, 0.4) is 0 Å². The second-order valence-corrected chi connectivity index (χ2v) is 7.59. The van der Waals surface area contributed by atoms with Crippen LogP contribution in [0.2, 0.25) is 0 Å². The van der Waals surface area contributed by atoms with Crippen molar-refractivity contribution in [1.82, 2.24) is 10.2 Å². The summed E-state index contributed by atoms with van der Waals surface area (Å²) in [6, 6.07) is 0. The summed E-state index contributed by atoms with van der Waals surface area (Å²) in [7, 11) is 0. The molecule has 1 amide bonds. The number of nitrogens with two attached hydrogens (primary N) is 1. The highest BCUT2D eigenvalue weighted by Crippen LogP contribution is 2.11. The van der Waals surface area contributed by atoms with Crippen molar-refractivity contribution in [1.29, 1.82) is 0 Å². The van der Waals surface area contributed by atoms with E-state index in [1.807, 2.05) is 34.6 Å². The van der Waals surface area contributed by atoms with E-state index in [1.165, 1.54) is 12.8 Å². The van der Waals surface area contributed by atoms with Crippen molar-refractivity contribution in [3.63, 3.8) is 0 Å². The highest BCUT2D eigenvalue weighted by molar-refractivity contribution is 14.0. The lowest BCUT2D eigenvalue weighted by Crippen LogP contribution is -2.48. The standard InChI is InChI=1S/C16H32N4O2.HI/c1-15(2,3)22-14(21)19-16(4,5)12-18-13(17)20-10-8-6-7-9-11-20;/h6-12H2,1-5H3,(H2,17,18)(H,19,21);1H. The second-order valence-electron chi connectivity index (χ2n) is 7.59. The predicted octanol–water partition coefficient (Wildman–Crippen LogP) is 3.10. The minimum atomic E-state index is -0.505. The highest BCUT2D eigenvalue weighted by atomic mass is 127. The highest BCUT2D eigenvalue weighted by Gasteiger charge is 2.24. The Labute approximate surface area is 157 Å². The van der Waals surface area contributed by atoms with Crippen molar-refractivity contribution in [2.24, 2.45) is 10.7 Å². The molecule has 0 radical (unpaired) electrons. The molecule has 23 heavy (non-hydrogen) atoms. The molecule has 7 heteroatoms. The molecule has 0 bridgehead atoms. The number of hydrogen-bond acceptors (Lipinski definition) is 3. The van der Waals surface area contributed by atoms with Crippen LogP contribution in [0.1, 0.15) is 60.3 Å². The summed E-state index contributed by atoms with van der Waals surface area (Å²) in [5, 5.41) is 2.84. The Bertz CT molecular complexity index is 397. The SMILES string of the molecule is CC(C)(CN=C(N)N1CCCCCC1)NC(=O)OC(C)(C)C.I. The Morgan fingerprint density at radius 1 is 1.13 bits per heavy atom. The van der Waals surface area contributed by atoms with Crippen LogP contribution in [0.5, 0.6) is 0 Å². The number of guanidine groups is 1. The van der Waals surface area contributed by atoms with Crippen molar-refractivity contribution in [3.05, 3.63) is 0 Å². The van der Waals surface area contributed by atoms with E-state index in [0.29, 0.717) is 12.5 Å². The zero-order valence-corrected chi connectivity index (χ0v) is 17.5. The number of amides is 1. The molecule has 0 aromatic heterocycles. The molecule has 0 atom stereocenters. The van der Waals surface area contributed by atoms with Gasteiger partial charge in [0.05, 0.1) is 12.1 Å². The van der Waals surface area contributed by atoms with Gasteiger partial charge in [-0.15, -0.1) is 24.0 Å². The first-order valence-corrected chi connectivity index (χ1v) is 8.15. The molecular formula is C16H33IN4O2. The molecule has 136 valence electrons. The van der Waals surface area contributed by atoms with Crippen LogP contribution in [0.4, 0.5) is 4.79 Å². The van der Waals surface area contributed by atoms with Crippen molar-refractivity contribution < 1.29 is 9.53 Å². The number of carbonyl (C=O) groups excluding carboxylic acids is 1. The number of nitrogens with one attached hydrogen (secondary N) is 1. The lowest BCUT2D eigenvalue weighted by molar-refractivity contribution is 0.0476. The van der Waals surface area contributed by atoms with Crippen molar-refractivity contribution in [3.8, 4) is 0 Å². The van der Waals surface area contributed by atoms with E-state index in [-0.39, 0.29) is 24.0 Å². The minimum Gasteiger partial charge on any atom is -0.444 e. The van der Waals surface area contributed by atoms with Gasteiger partial charge in [0.15, 0.2) is 5.96 Å². The van der Waals surface area contributed by atoms with Crippen LogP contribution in [0.25, 0.3) is 0 Å². The fraction of sp³-hybridized carbons (Fsp3) is 0.875. The molecule has 1 saturated heterocycles. The average molecular weight is 440 g/mol. The van der Waals surface area contributed by atoms with Gasteiger partial charge in [-0.25, -0.2) is 4.79 Å². The van der Waals surface area contributed by atoms with Crippen molar-refractivity contribution >= 4 is 36.0 Å². The second kappa shape index (κ2) is 9.54. The molecule has 0 spiro atoms. The van der Waals surface area contributed by atoms with Crippen LogP contribution in [0.15, 0.2) is 4.99 Å². The molecule has 6 nitrogen and oxygen atoms in total. The average Bonchev–Trinajstić information content (AvgIpc) is 2.61. The fourth-order valence-electron chi connectivity index (χ4n) is 2.30. The molecule has 0 aromatic carbocycles. The summed E-state index contributed by atoms with van der Waals surface area (Å²) in [4.78, 5) is 18.4. The Kier molecular flexibility index (Phi) is 9.24. The third-order valence-corrected chi connectivity index (χ3v) is 3.41. The van der Waals surface area contributed by atoms with Gasteiger partial charge in [-0.05, 0) is 47.5 Å². The van der Waals surface area contributed by atoms with Crippen LogP contribution in [0, 0.1) is 0 Å². The molecule has 1 fully saturated rings. The van der Waals surface area contributed by atoms with Gasteiger partial charge in [0.1, 0.15) is 5.60 Å². The van der Waals surface area contributed by atoms with Crippen LogP contribution < -0.4 is 11.1 Å². The van der Waals surface area contributed by atoms with E-state index in [1.54, 1.807) is 0 Å². The lowest BCUT2D eigenvalue weighted by atomic mass is 10.1. The van der Waals surface area contributed by atoms with Crippen molar-refractivity contribution in [2.75, 3.05) is 19.6 Å². The van der Waals surface area contributed by atoms with Crippen molar-refractivity contribution in [2.45, 2.75) is 71.4 Å². The Hall–Kier alpha value is -0.730. The molecule has 0 saturated carbocycles. The van der Waals surface area contributed by atoms with E-state index in [9.17, 15) is 4.79 Å². The first kappa shape index (κ1) is 22.3. The maximum Gasteiger partial charge on any atom is 0.408 e. The largest absolute Gasteiger partial charge is 0.444 e. The Morgan fingerprint density at radius 2 is 1.65 bits per heavy atom. The molecule has 1 aliphatic heterocycles. The number of hydrogen-bond donors (Lipinski definition) is 2. The molecule has 0 unspecified atom stereocenters. The summed E-state index contributed by atoms with van der Waals surface area (Å²) in [5.74, 6) is 0.570. The molecule has 1 heterocycles. The van der Waals surface area contributed by atoms with Crippen LogP contribution >= 0.6 is 24.0 Å². The quantitative estimate of drug-likeness (QED) is 0.402. The molecule has 1 rings (SSSR count). The van der Waals surface area contributed by atoms with E-state index in [0.717, 1.165) is 25.9 Å². The number of likely N-dealkylation sites (tertiary alicyclic amines) is 1. The van der Waals surface area contributed by atoms with Gasteiger partial charge < -0.3 is 20.7 Å². The number of halogens is 1. The summed E-state index contributed by atoms with van der Waals surface area (Å²) in [5.41, 5.74) is 5.08. The molecule has 0 aromatic rings. The third kappa shape index (κ3) is 9.88. The van der Waals surface area contributed by atoms with E-state index in [2.05, 4.69) is 15.2 Å². The zero-order chi connectivity index (χ0) is 16.8. The smallest absolute Gasteiger partial charge is 0.408 e. The third-order valence-electron chi connectivity index (χ3n) is 3.41. The van der Waals surface area contributed by atoms with Crippen LogP contribution in [-0.4, -0.2) is 47.7 Å². The molecule has 0 aliphatic carbocycles. The number of alkyl carbamates (subject to hydrolysis) is 1. The molecular weight excluding hydrogens is 407 g/mol. The summed E-state index contributed by atoms with van der Waals surface area (Å²) in [6.07, 6.45) is 4.41. The minimum absolute atomic E-state index is 0. The van der Waals surface area contributed by atoms with Gasteiger partial charge in [-0.3, -0.25) is 4.99 Å². The number of aliphatic imine (C=N–C) groups is 1. The van der Waals surface area contributed by atoms with Gasteiger partial charge in [-0.2, -0.15) is 0 Å². The number of carbonyl (C=O) groups is 1. The van der Waals surface area contributed by atoms with E-state index >= 15 is 0 Å². The first-order chi connectivity index (χ1) is 10.1. The van der Waals surface area contributed by atoms with Crippen LogP contribution in [-0.2, 0) is 4.74 Å². The maximum atomic E-state index is 11.8. The molecule has 3 N–H and O–H groups in total. The van der Waals surface area contributed by atoms with Gasteiger partial charge in [-0.1, -0.05) is 12.8 Å². The normalized spacial score (nSPS) is 17.1. The monoisotopic (exact) mass is 440 g/mol. The van der Waals surface area contributed by atoms with E-state index < -0.39 is 17.2 Å². The van der Waals surface area contributed by atoms with Gasteiger partial charge in [0, 0.05) is 13.1 Å². The Morgan fingerprint density at radius 3 is 2.13 bits per heavy atom. The lowest BCUT2D eigenvalue weighted by Gasteiger charge is -2.28. The Balaban J connectivity index is 0.00000484. The fourth-order valence-corrected chi connectivity index (χ4v) is 2.30. The molecule has 1 aliphatic rings. The number of ether oxygens (including phenoxy) is 1. The van der Waals surface area contributed by atoms with Gasteiger partial charge in [0.25, 0.3) is 0 Å². The topological polar surface area (TPSA) is 80.0 Å². The summed E-state index contributed by atoms with van der Waals surface area (Å²) >= 11 is 0. The van der Waals surface area contributed by atoms with Gasteiger partial charge >= 0.3 is 6.09 Å².